The maximum absolute atomic E-state index is 4.91. The van der Waals surface area contributed by atoms with Crippen molar-refractivity contribution in [1.82, 2.24) is 10.3 Å². The van der Waals surface area contributed by atoms with Crippen molar-refractivity contribution < 1.29 is 0 Å². The summed E-state index contributed by atoms with van der Waals surface area (Å²) < 4.78 is 0. The van der Waals surface area contributed by atoms with Crippen molar-refractivity contribution in [2.24, 2.45) is 0 Å². The van der Waals surface area contributed by atoms with Gasteiger partial charge < -0.3 is 5.32 Å². The molecule has 0 aliphatic heterocycles. The van der Waals surface area contributed by atoms with Crippen LogP contribution in [0.15, 0.2) is 30.3 Å². The van der Waals surface area contributed by atoms with Crippen molar-refractivity contribution in [1.29, 1.82) is 0 Å². The van der Waals surface area contributed by atoms with E-state index in [9.17, 15) is 0 Å². The summed E-state index contributed by atoms with van der Waals surface area (Å²) in [4.78, 5) is 6.26. The fourth-order valence-corrected chi connectivity index (χ4v) is 3.41. The standard InChI is InChI=1S/C15H18N2S/c1-15(8-9-15)14-17-13(12(18-14)10-16-2)11-6-4-3-5-7-11/h3-7,16H,8-10H2,1-2H3. The minimum absolute atomic E-state index is 0.361. The third-order valence-corrected chi connectivity index (χ3v) is 4.96. The predicted molar refractivity (Wildman–Crippen MR) is 76.9 cm³/mol. The monoisotopic (exact) mass is 258 g/mol. The van der Waals surface area contributed by atoms with E-state index in [1.807, 2.05) is 18.4 Å². The highest BCUT2D eigenvalue weighted by molar-refractivity contribution is 7.12. The molecule has 2 nitrogen and oxygen atoms in total. The second kappa shape index (κ2) is 4.48. The van der Waals surface area contributed by atoms with Crippen molar-refractivity contribution in [3.8, 4) is 11.3 Å². The number of hydrogen-bond donors (Lipinski definition) is 1. The Hall–Kier alpha value is -1.19. The fourth-order valence-electron chi connectivity index (χ4n) is 2.11. The number of nitrogens with zero attached hydrogens (tertiary/aromatic N) is 1. The van der Waals surface area contributed by atoms with Crippen LogP contribution in [0.25, 0.3) is 11.3 Å². The van der Waals surface area contributed by atoms with Crippen LogP contribution >= 0.6 is 11.3 Å². The molecule has 0 spiro atoms. The van der Waals surface area contributed by atoms with Gasteiger partial charge in [-0.15, -0.1) is 11.3 Å². The van der Waals surface area contributed by atoms with Crippen LogP contribution in [0.3, 0.4) is 0 Å². The largest absolute Gasteiger partial charge is 0.315 e. The van der Waals surface area contributed by atoms with Crippen molar-refractivity contribution in [2.75, 3.05) is 7.05 Å². The molecule has 1 fully saturated rings. The van der Waals surface area contributed by atoms with Crippen molar-refractivity contribution in [3.63, 3.8) is 0 Å². The number of aromatic nitrogens is 1. The van der Waals surface area contributed by atoms with Gasteiger partial charge in [0.05, 0.1) is 10.7 Å². The molecule has 0 saturated heterocycles. The SMILES string of the molecule is CNCc1sc(C2(C)CC2)nc1-c1ccccc1. The van der Waals surface area contributed by atoms with Crippen LogP contribution in [0.1, 0.15) is 29.7 Å². The quantitative estimate of drug-likeness (QED) is 0.906. The smallest absolute Gasteiger partial charge is 0.0994 e. The molecule has 1 heterocycles. The van der Waals surface area contributed by atoms with E-state index in [0.717, 1.165) is 12.2 Å². The molecule has 0 radical (unpaired) electrons. The average molecular weight is 258 g/mol. The van der Waals surface area contributed by atoms with E-state index in [1.54, 1.807) is 0 Å². The summed E-state index contributed by atoms with van der Waals surface area (Å²) in [5.74, 6) is 0. The molecule has 1 N–H and O–H groups in total. The van der Waals surface area contributed by atoms with Crippen LogP contribution in [-0.2, 0) is 12.0 Å². The third-order valence-electron chi connectivity index (χ3n) is 3.60. The summed E-state index contributed by atoms with van der Waals surface area (Å²) in [6, 6.07) is 10.5. The molecule has 1 aliphatic carbocycles. The molecule has 1 saturated carbocycles. The lowest BCUT2D eigenvalue weighted by atomic mass is 10.1. The van der Waals surface area contributed by atoms with E-state index in [1.165, 1.54) is 28.3 Å². The molecular formula is C15H18N2S. The molecule has 0 bridgehead atoms. The number of benzene rings is 1. The number of nitrogens with one attached hydrogen (secondary N) is 1. The molecular weight excluding hydrogens is 240 g/mol. The van der Waals surface area contributed by atoms with Crippen LogP contribution in [0.2, 0.25) is 0 Å². The first kappa shape index (κ1) is 11.9. The van der Waals surface area contributed by atoms with Gasteiger partial charge in [0, 0.05) is 22.4 Å². The first-order valence-corrected chi connectivity index (χ1v) is 7.25. The van der Waals surface area contributed by atoms with Crippen molar-refractivity contribution in [3.05, 3.63) is 40.2 Å². The molecule has 1 aromatic heterocycles. The minimum atomic E-state index is 0.361. The Labute approximate surface area is 112 Å². The zero-order valence-corrected chi connectivity index (χ0v) is 11.7. The summed E-state index contributed by atoms with van der Waals surface area (Å²) >= 11 is 1.87. The zero-order valence-electron chi connectivity index (χ0n) is 10.9. The van der Waals surface area contributed by atoms with E-state index >= 15 is 0 Å². The highest BCUT2D eigenvalue weighted by atomic mass is 32.1. The summed E-state index contributed by atoms with van der Waals surface area (Å²) in [6.07, 6.45) is 2.57. The van der Waals surface area contributed by atoms with Gasteiger partial charge in [0.15, 0.2) is 0 Å². The fraction of sp³-hybridized carbons (Fsp3) is 0.400. The molecule has 1 aliphatic rings. The van der Waals surface area contributed by atoms with Gasteiger partial charge in [-0.3, -0.25) is 0 Å². The Balaban J connectivity index is 2.04. The van der Waals surface area contributed by atoms with Crippen LogP contribution < -0.4 is 5.32 Å². The van der Waals surface area contributed by atoms with Crippen LogP contribution in [-0.4, -0.2) is 12.0 Å². The van der Waals surface area contributed by atoms with E-state index < -0.39 is 0 Å². The second-order valence-electron chi connectivity index (χ2n) is 5.25. The average Bonchev–Trinajstić information content (AvgIpc) is 3.00. The highest BCUT2D eigenvalue weighted by Gasteiger charge is 2.42. The molecule has 1 aromatic carbocycles. The maximum Gasteiger partial charge on any atom is 0.0994 e. The normalized spacial score (nSPS) is 16.8. The molecule has 0 amide bonds. The molecule has 18 heavy (non-hydrogen) atoms. The van der Waals surface area contributed by atoms with Gasteiger partial charge in [0.2, 0.25) is 0 Å². The van der Waals surface area contributed by atoms with Gasteiger partial charge in [-0.2, -0.15) is 0 Å². The topological polar surface area (TPSA) is 24.9 Å². The van der Waals surface area contributed by atoms with Gasteiger partial charge in [-0.25, -0.2) is 4.98 Å². The van der Waals surface area contributed by atoms with E-state index in [4.69, 9.17) is 4.98 Å². The minimum Gasteiger partial charge on any atom is -0.315 e. The van der Waals surface area contributed by atoms with Gasteiger partial charge in [0.1, 0.15) is 0 Å². The van der Waals surface area contributed by atoms with Crippen LogP contribution in [0, 0.1) is 0 Å². The van der Waals surface area contributed by atoms with E-state index in [2.05, 4.69) is 42.6 Å². The van der Waals surface area contributed by atoms with Gasteiger partial charge in [-0.1, -0.05) is 37.3 Å². The molecule has 0 atom stereocenters. The maximum atomic E-state index is 4.91. The Morgan fingerprint density at radius 2 is 2.00 bits per heavy atom. The van der Waals surface area contributed by atoms with E-state index in [0.29, 0.717) is 5.41 Å². The Bertz CT molecular complexity index is 541. The first-order chi connectivity index (χ1) is 8.73. The predicted octanol–water partition coefficient (Wildman–Crippen LogP) is 3.58. The van der Waals surface area contributed by atoms with Gasteiger partial charge in [-0.05, 0) is 19.9 Å². The van der Waals surface area contributed by atoms with Crippen LogP contribution in [0.4, 0.5) is 0 Å². The summed E-state index contributed by atoms with van der Waals surface area (Å²) in [6.45, 7) is 3.22. The first-order valence-electron chi connectivity index (χ1n) is 6.43. The molecule has 0 unspecified atom stereocenters. The van der Waals surface area contributed by atoms with Crippen molar-refractivity contribution >= 4 is 11.3 Å². The lowest BCUT2D eigenvalue weighted by Gasteiger charge is -2.01. The third kappa shape index (κ3) is 2.08. The highest BCUT2D eigenvalue weighted by Crippen LogP contribution is 2.50. The van der Waals surface area contributed by atoms with Crippen LogP contribution in [0.5, 0.6) is 0 Å². The molecule has 94 valence electrons. The zero-order chi connectivity index (χ0) is 12.6. The molecule has 2 aromatic rings. The van der Waals surface area contributed by atoms with Gasteiger partial charge >= 0.3 is 0 Å². The summed E-state index contributed by atoms with van der Waals surface area (Å²) in [5, 5.41) is 4.56. The number of thiazole rings is 1. The molecule has 3 heteroatoms. The number of hydrogen-bond acceptors (Lipinski definition) is 3. The van der Waals surface area contributed by atoms with Crippen molar-refractivity contribution in [2.45, 2.75) is 31.7 Å². The lowest BCUT2D eigenvalue weighted by Crippen LogP contribution is -2.04. The van der Waals surface area contributed by atoms with Gasteiger partial charge in [0.25, 0.3) is 0 Å². The Morgan fingerprint density at radius 3 is 2.61 bits per heavy atom. The Morgan fingerprint density at radius 1 is 1.28 bits per heavy atom. The van der Waals surface area contributed by atoms with E-state index in [-0.39, 0.29) is 0 Å². The molecule has 3 rings (SSSR count). The second-order valence-corrected chi connectivity index (χ2v) is 6.33. The summed E-state index contributed by atoms with van der Waals surface area (Å²) in [5.41, 5.74) is 2.76. The summed E-state index contributed by atoms with van der Waals surface area (Å²) in [7, 11) is 1.99. The number of rotatable bonds is 4. The Kier molecular flexibility index (Phi) is 2.96. The lowest BCUT2D eigenvalue weighted by molar-refractivity contribution is 0.777.